The molecule has 100 valence electrons. The minimum absolute atomic E-state index is 0.192. The van der Waals surface area contributed by atoms with Crippen molar-refractivity contribution in [1.29, 1.82) is 0 Å². The normalized spacial score (nSPS) is 12.4. The molecule has 0 bridgehead atoms. The van der Waals surface area contributed by atoms with Crippen molar-refractivity contribution in [2.75, 3.05) is 0 Å². The lowest BCUT2D eigenvalue weighted by atomic mass is 10.0. The van der Waals surface area contributed by atoms with Crippen LogP contribution >= 0.6 is 0 Å². The Morgan fingerprint density at radius 3 is 2.68 bits per heavy atom. The van der Waals surface area contributed by atoms with E-state index in [1.54, 1.807) is 12.4 Å². The SMILES string of the molecule is Cc1cnc(C(Cc2cccc(F)c2F)NN)cn1. The molecule has 2 rings (SSSR count). The molecule has 0 fully saturated rings. The molecule has 0 radical (unpaired) electrons. The summed E-state index contributed by atoms with van der Waals surface area (Å²) < 4.78 is 26.7. The smallest absolute Gasteiger partial charge is 0.162 e. The van der Waals surface area contributed by atoms with Gasteiger partial charge in [0.15, 0.2) is 11.6 Å². The van der Waals surface area contributed by atoms with E-state index >= 15 is 0 Å². The number of hydrogen-bond acceptors (Lipinski definition) is 4. The maximum absolute atomic E-state index is 13.6. The molecule has 3 N–H and O–H groups in total. The van der Waals surface area contributed by atoms with Gasteiger partial charge in [0.25, 0.3) is 0 Å². The lowest BCUT2D eigenvalue weighted by Gasteiger charge is -2.15. The molecule has 0 saturated heterocycles. The Hall–Kier alpha value is -1.92. The van der Waals surface area contributed by atoms with Gasteiger partial charge in [-0.15, -0.1) is 0 Å². The number of halogens is 2. The predicted molar refractivity (Wildman–Crippen MR) is 66.9 cm³/mol. The van der Waals surface area contributed by atoms with E-state index in [9.17, 15) is 8.78 Å². The Morgan fingerprint density at radius 1 is 1.26 bits per heavy atom. The van der Waals surface area contributed by atoms with Crippen LogP contribution < -0.4 is 11.3 Å². The summed E-state index contributed by atoms with van der Waals surface area (Å²) in [5.41, 5.74) is 4.14. The molecule has 1 aromatic heterocycles. The van der Waals surface area contributed by atoms with Crippen molar-refractivity contribution >= 4 is 0 Å². The van der Waals surface area contributed by atoms with E-state index in [0.29, 0.717) is 5.69 Å². The highest BCUT2D eigenvalue weighted by atomic mass is 19.2. The topological polar surface area (TPSA) is 63.8 Å². The van der Waals surface area contributed by atoms with Crippen molar-refractivity contribution in [3.8, 4) is 0 Å². The van der Waals surface area contributed by atoms with E-state index < -0.39 is 17.7 Å². The molecule has 6 heteroatoms. The van der Waals surface area contributed by atoms with Crippen LogP contribution in [0.5, 0.6) is 0 Å². The number of nitrogens with zero attached hydrogens (tertiary/aromatic N) is 2. The number of aromatic nitrogens is 2. The van der Waals surface area contributed by atoms with E-state index in [2.05, 4.69) is 15.4 Å². The van der Waals surface area contributed by atoms with E-state index in [4.69, 9.17) is 5.84 Å². The number of hydrazine groups is 1. The van der Waals surface area contributed by atoms with Crippen molar-refractivity contribution < 1.29 is 8.78 Å². The minimum Gasteiger partial charge on any atom is -0.271 e. The zero-order valence-corrected chi connectivity index (χ0v) is 10.4. The second kappa shape index (κ2) is 5.81. The van der Waals surface area contributed by atoms with Crippen LogP contribution in [-0.4, -0.2) is 9.97 Å². The van der Waals surface area contributed by atoms with Gasteiger partial charge in [0.2, 0.25) is 0 Å². The molecular weight excluding hydrogens is 250 g/mol. The number of nitrogens with two attached hydrogens (primary N) is 1. The first kappa shape index (κ1) is 13.5. The third-order valence-corrected chi connectivity index (χ3v) is 2.81. The summed E-state index contributed by atoms with van der Waals surface area (Å²) >= 11 is 0. The van der Waals surface area contributed by atoms with Crippen LogP contribution in [0.25, 0.3) is 0 Å². The lowest BCUT2D eigenvalue weighted by molar-refractivity contribution is 0.477. The van der Waals surface area contributed by atoms with Gasteiger partial charge >= 0.3 is 0 Å². The monoisotopic (exact) mass is 264 g/mol. The Bertz CT molecular complexity index is 557. The summed E-state index contributed by atoms with van der Waals surface area (Å²) in [5, 5.41) is 0. The zero-order valence-electron chi connectivity index (χ0n) is 10.4. The number of rotatable bonds is 4. The van der Waals surface area contributed by atoms with Crippen LogP contribution in [0.15, 0.2) is 30.6 Å². The molecule has 2 aromatic rings. The zero-order chi connectivity index (χ0) is 13.8. The predicted octanol–water partition coefficient (Wildman–Crippen LogP) is 1.81. The average Bonchev–Trinajstić information content (AvgIpc) is 2.42. The van der Waals surface area contributed by atoms with Gasteiger partial charge in [0.1, 0.15) is 0 Å². The third-order valence-electron chi connectivity index (χ3n) is 2.81. The standard InChI is InChI=1S/C13H14F2N4/c1-8-6-18-12(7-17-8)11(19-16)5-9-3-2-4-10(14)13(9)15/h2-4,6-7,11,19H,5,16H2,1H3. The van der Waals surface area contributed by atoms with Gasteiger partial charge in [-0.2, -0.15) is 0 Å². The maximum atomic E-state index is 13.6. The first-order valence-corrected chi connectivity index (χ1v) is 5.79. The first-order chi connectivity index (χ1) is 9.11. The number of nitrogens with one attached hydrogen (secondary N) is 1. The number of benzene rings is 1. The molecule has 0 saturated carbocycles. The summed E-state index contributed by atoms with van der Waals surface area (Å²) in [5.74, 6) is 3.71. The molecule has 1 atom stereocenters. The molecular formula is C13H14F2N4. The molecule has 0 aliphatic heterocycles. The van der Waals surface area contributed by atoms with Gasteiger partial charge in [-0.25, -0.2) is 8.78 Å². The Labute approximate surface area is 109 Å². The fourth-order valence-corrected chi connectivity index (χ4v) is 1.76. The third kappa shape index (κ3) is 3.10. The van der Waals surface area contributed by atoms with Crippen molar-refractivity contribution in [2.24, 2.45) is 5.84 Å². The van der Waals surface area contributed by atoms with Crippen LogP contribution in [0.4, 0.5) is 8.78 Å². The summed E-state index contributed by atoms with van der Waals surface area (Å²) in [4.78, 5) is 8.28. The van der Waals surface area contributed by atoms with E-state index in [1.807, 2.05) is 6.92 Å². The minimum atomic E-state index is -0.872. The highest BCUT2D eigenvalue weighted by Gasteiger charge is 2.16. The van der Waals surface area contributed by atoms with E-state index in [-0.39, 0.29) is 12.0 Å². The molecule has 0 amide bonds. The van der Waals surface area contributed by atoms with Crippen LogP contribution in [0.3, 0.4) is 0 Å². The Morgan fingerprint density at radius 2 is 2.05 bits per heavy atom. The van der Waals surface area contributed by atoms with Gasteiger partial charge in [0.05, 0.1) is 23.6 Å². The van der Waals surface area contributed by atoms with Gasteiger partial charge in [-0.1, -0.05) is 12.1 Å². The number of hydrogen-bond donors (Lipinski definition) is 2. The van der Waals surface area contributed by atoms with Gasteiger partial charge in [-0.05, 0) is 25.0 Å². The number of aryl methyl sites for hydroxylation is 1. The molecule has 1 unspecified atom stereocenters. The second-order valence-electron chi connectivity index (χ2n) is 4.22. The van der Waals surface area contributed by atoms with Crippen molar-refractivity contribution in [2.45, 2.75) is 19.4 Å². The fourth-order valence-electron chi connectivity index (χ4n) is 1.76. The van der Waals surface area contributed by atoms with Gasteiger partial charge in [-0.3, -0.25) is 21.2 Å². The molecule has 1 heterocycles. The lowest BCUT2D eigenvalue weighted by Crippen LogP contribution is -2.30. The molecule has 1 aromatic carbocycles. The fraction of sp³-hybridized carbons (Fsp3) is 0.231. The summed E-state index contributed by atoms with van der Waals surface area (Å²) in [6.07, 6.45) is 3.36. The largest absolute Gasteiger partial charge is 0.271 e. The van der Waals surface area contributed by atoms with Crippen LogP contribution in [0, 0.1) is 18.6 Å². The quantitative estimate of drug-likeness (QED) is 0.653. The Balaban J connectivity index is 2.24. The van der Waals surface area contributed by atoms with E-state index in [0.717, 1.165) is 11.8 Å². The molecule has 4 nitrogen and oxygen atoms in total. The summed E-state index contributed by atoms with van der Waals surface area (Å²) in [6.45, 7) is 1.81. The van der Waals surface area contributed by atoms with Crippen molar-refractivity contribution in [1.82, 2.24) is 15.4 Å². The second-order valence-corrected chi connectivity index (χ2v) is 4.22. The molecule has 0 aliphatic rings. The van der Waals surface area contributed by atoms with Crippen LogP contribution in [-0.2, 0) is 6.42 Å². The molecule has 19 heavy (non-hydrogen) atoms. The highest BCUT2D eigenvalue weighted by Crippen LogP contribution is 2.19. The van der Waals surface area contributed by atoms with Gasteiger partial charge in [0, 0.05) is 6.20 Å². The molecule has 0 aliphatic carbocycles. The van der Waals surface area contributed by atoms with Crippen LogP contribution in [0.2, 0.25) is 0 Å². The van der Waals surface area contributed by atoms with Crippen molar-refractivity contribution in [3.63, 3.8) is 0 Å². The average molecular weight is 264 g/mol. The highest BCUT2D eigenvalue weighted by molar-refractivity contribution is 5.21. The van der Waals surface area contributed by atoms with Crippen molar-refractivity contribution in [3.05, 3.63) is 59.2 Å². The summed E-state index contributed by atoms with van der Waals surface area (Å²) in [6, 6.07) is 3.63. The van der Waals surface area contributed by atoms with Crippen LogP contribution in [0.1, 0.15) is 23.0 Å². The van der Waals surface area contributed by atoms with Gasteiger partial charge < -0.3 is 0 Å². The first-order valence-electron chi connectivity index (χ1n) is 5.79. The Kier molecular flexibility index (Phi) is 4.13. The maximum Gasteiger partial charge on any atom is 0.162 e. The molecule has 0 spiro atoms. The summed E-state index contributed by atoms with van der Waals surface area (Å²) in [7, 11) is 0. The van der Waals surface area contributed by atoms with E-state index in [1.165, 1.54) is 12.1 Å².